The second-order valence-electron chi connectivity index (χ2n) is 7.12. The highest BCUT2D eigenvalue weighted by Gasteiger charge is 2.14. The summed E-state index contributed by atoms with van der Waals surface area (Å²) in [6.45, 7) is 6.33. The summed E-state index contributed by atoms with van der Waals surface area (Å²) in [5, 5.41) is 0.732. The van der Waals surface area contributed by atoms with Crippen LogP contribution in [0.1, 0.15) is 41.7 Å². The number of hydrazine groups is 1. The van der Waals surface area contributed by atoms with Crippen LogP contribution >= 0.6 is 11.3 Å². The summed E-state index contributed by atoms with van der Waals surface area (Å²) in [6.07, 6.45) is 2.98. The molecule has 0 fully saturated rings. The van der Waals surface area contributed by atoms with Gasteiger partial charge < -0.3 is 0 Å². The van der Waals surface area contributed by atoms with Gasteiger partial charge in [-0.1, -0.05) is 45.0 Å². The molecule has 3 aromatic rings. The van der Waals surface area contributed by atoms with Gasteiger partial charge in [-0.05, 0) is 41.3 Å². The number of rotatable bonds is 3. The van der Waals surface area contributed by atoms with Crippen molar-refractivity contribution in [1.29, 1.82) is 0 Å². The molecule has 27 heavy (non-hydrogen) atoms. The van der Waals surface area contributed by atoms with Crippen molar-refractivity contribution in [1.82, 2.24) is 15.8 Å². The minimum absolute atomic E-state index is 0.0225. The van der Waals surface area contributed by atoms with Crippen LogP contribution in [0.25, 0.3) is 16.3 Å². The fourth-order valence-electron chi connectivity index (χ4n) is 2.46. The van der Waals surface area contributed by atoms with Crippen molar-refractivity contribution in [2.24, 2.45) is 0 Å². The Balaban J connectivity index is 1.56. The Bertz CT molecular complexity index is 965. The molecular weight excluding hydrogens is 358 g/mol. The van der Waals surface area contributed by atoms with Gasteiger partial charge in [0, 0.05) is 11.6 Å². The first-order valence-electron chi connectivity index (χ1n) is 8.57. The van der Waals surface area contributed by atoms with Crippen molar-refractivity contribution in [3.05, 3.63) is 70.7 Å². The zero-order valence-corrected chi connectivity index (χ0v) is 16.3. The number of amides is 2. The molecule has 1 aromatic heterocycles. The van der Waals surface area contributed by atoms with E-state index in [1.54, 1.807) is 18.2 Å². The molecule has 0 bridgehead atoms. The Hall–Kier alpha value is -2.99. The average Bonchev–Trinajstić information content (AvgIpc) is 3.07. The van der Waals surface area contributed by atoms with E-state index in [0.717, 1.165) is 20.8 Å². The van der Waals surface area contributed by atoms with Crippen LogP contribution in [0.4, 0.5) is 0 Å². The second kappa shape index (κ2) is 7.72. The van der Waals surface area contributed by atoms with Crippen LogP contribution in [-0.2, 0) is 10.2 Å². The van der Waals surface area contributed by atoms with Crippen molar-refractivity contribution in [3.8, 4) is 0 Å². The van der Waals surface area contributed by atoms with E-state index in [0.29, 0.717) is 5.56 Å². The molecule has 2 N–H and O–H groups in total. The maximum absolute atomic E-state index is 12.1. The van der Waals surface area contributed by atoms with Crippen LogP contribution in [0.15, 0.2) is 54.6 Å². The van der Waals surface area contributed by atoms with E-state index >= 15 is 0 Å². The highest BCUT2D eigenvalue weighted by atomic mass is 32.1. The fraction of sp³-hybridized carbons (Fsp3) is 0.190. The maximum atomic E-state index is 12.1. The van der Waals surface area contributed by atoms with Crippen LogP contribution in [0, 0.1) is 0 Å². The van der Waals surface area contributed by atoms with Gasteiger partial charge in [0.15, 0.2) is 0 Å². The molecule has 0 spiro atoms. The molecule has 3 rings (SSSR count). The summed E-state index contributed by atoms with van der Waals surface area (Å²) >= 11 is 1.50. The number of carbonyl (C=O) groups excluding carboxylic acids is 2. The highest BCUT2D eigenvalue weighted by Crippen LogP contribution is 2.23. The molecule has 2 amide bonds. The molecule has 0 radical (unpaired) electrons. The Morgan fingerprint density at radius 1 is 1.00 bits per heavy atom. The molecule has 0 aliphatic rings. The number of aromatic nitrogens is 1. The van der Waals surface area contributed by atoms with Crippen molar-refractivity contribution >= 4 is 39.4 Å². The molecule has 0 unspecified atom stereocenters. The zero-order chi connectivity index (χ0) is 19.4. The number of benzene rings is 2. The number of carbonyl (C=O) groups is 2. The lowest BCUT2D eigenvalue weighted by molar-refractivity contribution is -0.117. The van der Waals surface area contributed by atoms with Crippen LogP contribution in [0.2, 0.25) is 0 Å². The normalized spacial score (nSPS) is 11.7. The molecule has 0 aliphatic carbocycles. The molecule has 5 nitrogen and oxygen atoms in total. The van der Waals surface area contributed by atoms with E-state index < -0.39 is 5.91 Å². The largest absolute Gasteiger partial charge is 0.269 e. The van der Waals surface area contributed by atoms with Gasteiger partial charge in [0.1, 0.15) is 5.01 Å². The lowest BCUT2D eigenvalue weighted by Crippen LogP contribution is -2.40. The summed E-state index contributed by atoms with van der Waals surface area (Å²) in [4.78, 5) is 28.5. The van der Waals surface area contributed by atoms with Gasteiger partial charge in [0.2, 0.25) is 0 Å². The van der Waals surface area contributed by atoms with Gasteiger partial charge in [0.25, 0.3) is 11.8 Å². The van der Waals surface area contributed by atoms with Crippen molar-refractivity contribution < 1.29 is 9.59 Å². The molecule has 0 saturated carbocycles. The summed E-state index contributed by atoms with van der Waals surface area (Å²) in [5.74, 6) is -0.786. The standard InChI is InChI=1S/C21H21N3O2S/c1-21(2,3)15-10-8-14(9-11-15)20(26)24-23-18(25)12-13-19-22-16-6-4-5-7-17(16)27-19/h4-13H,1-3H3,(H,23,25)(H,24,26)/b13-12+. The SMILES string of the molecule is CC(C)(C)c1ccc(C(=O)NNC(=O)/C=C/c2nc3ccccc3s2)cc1. The van der Waals surface area contributed by atoms with E-state index in [-0.39, 0.29) is 11.3 Å². The third-order valence-electron chi connectivity index (χ3n) is 4.00. The van der Waals surface area contributed by atoms with Crippen molar-refractivity contribution in [2.45, 2.75) is 26.2 Å². The molecular formula is C21H21N3O2S. The minimum atomic E-state index is -0.422. The number of thiazole rings is 1. The zero-order valence-electron chi connectivity index (χ0n) is 15.4. The summed E-state index contributed by atoms with van der Waals surface area (Å²) in [5.41, 5.74) is 7.34. The van der Waals surface area contributed by atoms with Gasteiger partial charge in [-0.2, -0.15) is 0 Å². The van der Waals surface area contributed by atoms with E-state index in [1.165, 1.54) is 17.4 Å². The van der Waals surface area contributed by atoms with Crippen LogP contribution in [0.5, 0.6) is 0 Å². The number of hydrogen-bond donors (Lipinski definition) is 2. The van der Waals surface area contributed by atoms with Crippen molar-refractivity contribution in [2.75, 3.05) is 0 Å². The molecule has 0 aliphatic heterocycles. The lowest BCUT2D eigenvalue weighted by atomic mass is 9.87. The van der Waals surface area contributed by atoms with Crippen molar-refractivity contribution in [3.63, 3.8) is 0 Å². The monoisotopic (exact) mass is 379 g/mol. The van der Waals surface area contributed by atoms with Crippen LogP contribution in [-0.4, -0.2) is 16.8 Å². The predicted octanol–water partition coefficient (Wildman–Crippen LogP) is 4.07. The van der Waals surface area contributed by atoms with Crippen LogP contribution in [0.3, 0.4) is 0 Å². The van der Waals surface area contributed by atoms with Gasteiger partial charge in [-0.3, -0.25) is 20.4 Å². The third-order valence-corrected chi connectivity index (χ3v) is 5.00. The smallest absolute Gasteiger partial charge is 0.268 e. The summed E-state index contributed by atoms with van der Waals surface area (Å²) in [6, 6.07) is 15.1. The summed E-state index contributed by atoms with van der Waals surface area (Å²) in [7, 11) is 0. The first kappa shape index (κ1) is 18.8. The number of nitrogens with zero attached hydrogens (tertiary/aromatic N) is 1. The number of nitrogens with one attached hydrogen (secondary N) is 2. The Morgan fingerprint density at radius 2 is 1.70 bits per heavy atom. The number of para-hydroxylation sites is 1. The summed E-state index contributed by atoms with van der Waals surface area (Å²) < 4.78 is 1.06. The van der Waals surface area contributed by atoms with Crippen LogP contribution < -0.4 is 10.9 Å². The second-order valence-corrected chi connectivity index (χ2v) is 8.19. The van der Waals surface area contributed by atoms with E-state index in [9.17, 15) is 9.59 Å². The molecule has 1 heterocycles. The Kier molecular flexibility index (Phi) is 5.37. The number of hydrogen-bond acceptors (Lipinski definition) is 4. The van der Waals surface area contributed by atoms with E-state index in [2.05, 4.69) is 36.6 Å². The molecule has 0 saturated heterocycles. The van der Waals surface area contributed by atoms with E-state index in [1.807, 2.05) is 36.4 Å². The molecule has 6 heteroatoms. The highest BCUT2D eigenvalue weighted by molar-refractivity contribution is 7.19. The molecule has 138 valence electrons. The lowest BCUT2D eigenvalue weighted by Gasteiger charge is -2.19. The van der Waals surface area contributed by atoms with Gasteiger partial charge in [-0.25, -0.2) is 4.98 Å². The fourth-order valence-corrected chi connectivity index (χ4v) is 3.33. The molecule has 0 atom stereocenters. The Morgan fingerprint density at radius 3 is 2.37 bits per heavy atom. The first-order valence-corrected chi connectivity index (χ1v) is 9.39. The average molecular weight is 379 g/mol. The first-order chi connectivity index (χ1) is 12.8. The number of fused-ring (bicyclic) bond motifs is 1. The quantitative estimate of drug-likeness (QED) is 0.532. The minimum Gasteiger partial charge on any atom is -0.268 e. The maximum Gasteiger partial charge on any atom is 0.269 e. The Labute approximate surface area is 162 Å². The van der Waals surface area contributed by atoms with Gasteiger partial charge >= 0.3 is 0 Å². The van der Waals surface area contributed by atoms with E-state index in [4.69, 9.17) is 0 Å². The predicted molar refractivity (Wildman–Crippen MR) is 109 cm³/mol. The molecule has 2 aromatic carbocycles. The third kappa shape index (κ3) is 4.80. The topological polar surface area (TPSA) is 71.1 Å². The van der Waals surface area contributed by atoms with Gasteiger partial charge in [-0.15, -0.1) is 11.3 Å². The van der Waals surface area contributed by atoms with Gasteiger partial charge in [0.05, 0.1) is 10.2 Å².